The van der Waals surface area contributed by atoms with Gasteiger partial charge in [-0.1, -0.05) is 24.3 Å². The van der Waals surface area contributed by atoms with Crippen LogP contribution in [-0.2, 0) is 11.3 Å². The number of benzene rings is 1. The first kappa shape index (κ1) is 13.4. The van der Waals surface area contributed by atoms with Crippen LogP contribution >= 0.6 is 0 Å². The summed E-state index contributed by atoms with van der Waals surface area (Å²) in [4.78, 5) is 14.3. The zero-order chi connectivity index (χ0) is 14.3. The van der Waals surface area contributed by atoms with Gasteiger partial charge in [0, 0.05) is 25.6 Å². The Bertz CT molecular complexity index is 521. The topological polar surface area (TPSA) is 41.6 Å². The van der Waals surface area contributed by atoms with Gasteiger partial charge in [0.25, 0.3) is 0 Å². The average molecular weight is 274 g/mol. The molecule has 2 atom stereocenters. The Labute approximate surface area is 120 Å². The largest absolute Gasteiger partial charge is 0.444 e. The molecule has 108 valence electrons. The van der Waals surface area contributed by atoms with Crippen LogP contribution in [0.2, 0.25) is 0 Å². The quantitative estimate of drug-likeness (QED) is 0.790. The number of carbonyl (C=O) groups is 1. The second-order valence-electron chi connectivity index (χ2n) is 6.64. The minimum absolute atomic E-state index is 0.203. The van der Waals surface area contributed by atoms with E-state index in [1.807, 2.05) is 31.7 Å². The lowest BCUT2D eigenvalue weighted by atomic mass is 9.86. The van der Waals surface area contributed by atoms with Crippen molar-refractivity contribution in [1.82, 2.24) is 10.2 Å². The molecule has 2 aliphatic rings. The number of nitrogens with zero attached hydrogens (tertiary/aromatic N) is 1. The van der Waals surface area contributed by atoms with Gasteiger partial charge in [-0.15, -0.1) is 0 Å². The van der Waals surface area contributed by atoms with Crippen LogP contribution in [-0.4, -0.2) is 35.7 Å². The Morgan fingerprint density at radius 1 is 1.30 bits per heavy atom. The van der Waals surface area contributed by atoms with Gasteiger partial charge in [-0.2, -0.15) is 0 Å². The lowest BCUT2D eigenvalue weighted by Crippen LogP contribution is -2.48. The highest BCUT2D eigenvalue weighted by Gasteiger charge is 2.41. The van der Waals surface area contributed by atoms with E-state index >= 15 is 0 Å². The minimum Gasteiger partial charge on any atom is -0.444 e. The summed E-state index contributed by atoms with van der Waals surface area (Å²) < 4.78 is 5.56. The molecule has 1 saturated heterocycles. The molecule has 1 fully saturated rings. The standard InChI is InChI=1S/C16H22N2O2/c1-16(2,3)20-15(19)18-10-11-6-4-5-7-12(11)13-8-17-9-14(13)18/h4-7,13-14,17H,8-10H2,1-3H3/t13-,14+/m0/s1. The molecule has 1 N–H and O–H groups in total. The fraction of sp³-hybridized carbons (Fsp3) is 0.562. The summed E-state index contributed by atoms with van der Waals surface area (Å²) in [6.45, 7) is 8.15. The molecule has 0 saturated carbocycles. The first-order chi connectivity index (χ1) is 9.46. The van der Waals surface area contributed by atoms with Crippen molar-refractivity contribution >= 4 is 6.09 Å². The third-order valence-corrected chi connectivity index (χ3v) is 4.01. The van der Waals surface area contributed by atoms with Crippen molar-refractivity contribution in [3.63, 3.8) is 0 Å². The fourth-order valence-electron chi connectivity index (χ4n) is 3.17. The molecule has 3 rings (SSSR count). The normalized spacial score (nSPS) is 25.1. The van der Waals surface area contributed by atoms with Crippen LogP contribution in [0.3, 0.4) is 0 Å². The maximum absolute atomic E-state index is 12.4. The SMILES string of the molecule is CC(C)(C)OC(=O)N1Cc2ccccc2[C@@H]2CNC[C@H]21. The molecule has 0 aliphatic carbocycles. The second kappa shape index (κ2) is 4.77. The summed E-state index contributed by atoms with van der Waals surface area (Å²) >= 11 is 0. The maximum atomic E-state index is 12.4. The monoisotopic (exact) mass is 274 g/mol. The van der Waals surface area contributed by atoms with Gasteiger partial charge in [0.05, 0.1) is 6.04 Å². The van der Waals surface area contributed by atoms with E-state index in [9.17, 15) is 4.79 Å². The third-order valence-electron chi connectivity index (χ3n) is 4.01. The van der Waals surface area contributed by atoms with Gasteiger partial charge in [0.1, 0.15) is 5.60 Å². The minimum atomic E-state index is -0.449. The van der Waals surface area contributed by atoms with Crippen molar-refractivity contribution < 1.29 is 9.53 Å². The molecule has 2 aliphatic heterocycles. The summed E-state index contributed by atoms with van der Waals surface area (Å²) in [6.07, 6.45) is -0.203. The molecular weight excluding hydrogens is 252 g/mol. The van der Waals surface area contributed by atoms with Gasteiger partial charge in [-0.05, 0) is 31.9 Å². The Morgan fingerprint density at radius 3 is 2.80 bits per heavy atom. The molecule has 0 bridgehead atoms. The Kier molecular flexibility index (Phi) is 3.21. The molecule has 1 aromatic rings. The predicted octanol–water partition coefficient (Wildman–Crippen LogP) is 2.49. The highest BCUT2D eigenvalue weighted by Crippen LogP contribution is 2.36. The molecule has 1 aromatic carbocycles. The summed E-state index contributed by atoms with van der Waals surface area (Å²) in [5.74, 6) is 0.382. The van der Waals surface area contributed by atoms with Crippen molar-refractivity contribution in [2.45, 2.75) is 44.9 Å². The Morgan fingerprint density at radius 2 is 2.05 bits per heavy atom. The van der Waals surface area contributed by atoms with Crippen LogP contribution in [0.15, 0.2) is 24.3 Å². The lowest BCUT2D eigenvalue weighted by molar-refractivity contribution is 0.0120. The number of amides is 1. The number of hydrogen-bond acceptors (Lipinski definition) is 3. The number of carbonyl (C=O) groups excluding carboxylic acids is 1. The smallest absolute Gasteiger partial charge is 0.410 e. The third kappa shape index (κ3) is 2.40. The first-order valence-corrected chi connectivity index (χ1v) is 7.24. The Balaban J connectivity index is 1.89. The fourth-order valence-corrected chi connectivity index (χ4v) is 3.17. The number of fused-ring (bicyclic) bond motifs is 3. The van der Waals surface area contributed by atoms with Crippen molar-refractivity contribution in [2.24, 2.45) is 0 Å². The van der Waals surface area contributed by atoms with E-state index in [0.29, 0.717) is 12.5 Å². The van der Waals surface area contributed by atoms with Gasteiger partial charge >= 0.3 is 6.09 Å². The van der Waals surface area contributed by atoms with Crippen molar-refractivity contribution in [1.29, 1.82) is 0 Å². The lowest BCUT2D eigenvalue weighted by Gasteiger charge is -2.39. The Hall–Kier alpha value is -1.55. The van der Waals surface area contributed by atoms with Crippen LogP contribution < -0.4 is 5.32 Å². The highest BCUT2D eigenvalue weighted by atomic mass is 16.6. The summed E-state index contributed by atoms with van der Waals surface area (Å²) in [5, 5.41) is 3.40. The van der Waals surface area contributed by atoms with Crippen molar-refractivity contribution in [3.05, 3.63) is 35.4 Å². The summed E-state index contributed by atoms with van der Waals surface area (Å²) in [5.41, 5.74) is 2.17. The zero-order valence-corrected chi connectivity index (χ0v) is 12.3. The molecule has 0 spiro atoms. The molecular formula is C16H22N2O2. The van der Waals surface area contributed by atoms with Gasteiger partial charge in [0.2, 0.25) is 0 Å². The zero-order valence-electron chi connectivity index (χ0n) is 12.3. The van der Waals surface area contributed by atoms with E-state index in [1.54, 1.807) is 0 Å². The summed E-state index contributed by atoms with van der Waals surface area (Å²) in [6, 6.07) is 8.62. The number of ether oxygens (including phenoxy) is 1. The van der Waals surface area contributed by atoms with E-state index in [0.717, 1.165) is 13.1 Å². The first-order valence-electron chi connectivity index (χ1n) is 7.24. The molecule has 2 heterocycles. The number of hydrogen-bond donors (Lipinski definition) is 1. The van der Waals surface area contributed by atoms with Crippen LogP contribution in [0.5, 0.6) is 0 Å². The van der Waals surface area contributed by atoms with Crippen molar-refractivity contribution in [3.8, 4) is 0 Å². The average Bonchev–Trinajstić information content (AvgIpc) is 2.85. The van der Waals surface area contributed by atoms with E-state index in [1.165, 1.54) is 11.1 Å². The molecule has 1 amide bonds. The van der Waals surface area contributed by atoms with Crippen LogP contribution in [0.4, 0.5) is 4.79 Å². The van der Waals surface area contributed by atoms with E-state index in [2.05, 4.69) is 23.5 Å². The van der Waals surface area contributed by atoms with Gasteiger partial charge in [0.15, 0.2) is 0 Å². The van der Waals surface area contributed by atoms with Gasteiger partial charge < -0.3 is 10.1 Å². The second-order valence-corrected chi connectivity index (χ2v) is 6.64. The molecule has 0 aromatic heterocycles. The molecule has 20 heavy (non-hydrogen) atoms. The van der Waals surface area contributed by atoms with Crippen molar-refractivity contribution in [2.75, 3.05) is 13.1 Å². The van der Waals surface area contributed by atoms with E-state index in [-0.39, 0.29) is 12.1 Å². The molecule has 0 radical (unpaired) electrons. The number of nitrogens with one attached hydrogen (secondary N) is 1. The van der Waals surface area contributed by atoms with E-state index < -0.39 is 5.60 Å². The molecule has 4 heteroatoms. The van der Waals surface area contributed by atoms with Crippen LogP contribution in [0, 0.1) is 0 Å². The van der Waals surface area contributed by atoms with Crippen LogP contribution in [0.25, 0.3) is 0 Å². The number of rotatable bonds is 0. The highest BCUT2D eigenvalue weighted by molar-refractivity contribution is 5.69. The van der Waals surface area contributed by atoms with Gasteiger partial charge in [-0.25, -0.2) is 4.79 Å². The van der Waals surface area contributed by atoms with Crippen LogP contribution in [0.1, 0.15) is 37.8 Å². The summed E-state index contributed by atoms with van der Waals surface area (Å²) in [7, 11) is 0. The van der Waals surface area contributed by atoms with E-state index in [4.69, 9.17) is 4.74 Å². The molecule has 0 unspecified atom stereocenters. The van der Waals surface area contributed by atoms with Gasteiger partial charge in [-0.3, -0.25) is 4.90 Å². The molecule has 4 nitrogen and oxygen atoms in total. The predicted molar refractivity (Wildman–Crippen MR) is 77.6 cm³/mol. The maximum Gasteiger partial charge on any atom is 0.410 e.